The van der Waals surface area contributed by atoms with Crippen LogP contribution < -0.4 is 4.74 Å². The fourth-order valence-electron chi connectivity index (χ4n) is 6.18. The van der Waals surface area contributed by atoms with Crippen LogP contribution in [0.25, 0.3) is 0 Å². The van der Waals surface area contributed by atoms with E-state index in [0.717, 1.165) is 12.3 Å². The third kappa shape index (κ3) is 5.80. The van der Waals surface area contributed by atoms with Crippen LogP contribution in [-0.2, 0) is 19.6 Å². The normalized spacial score (nSPS) is 28.0. The van der Waals surface area contributed by atoms with Gasteiger partial charge in [-0.3, -0.25) is 0 Å². The lowest BCUT2D eigenvalue weighted by Crippen LogP contribution is -2.47. The van der Waals surface area contributed by atoms with E-state index in [4.69, 9.17) is 9.47 Å². The molecule has 7 nitrogen and oxygen atoms in total. The highest BCUT2D eigenvalue weighted by atomic mass is 127. The molecule has 3 aliphatic rings. The standard InChI is InChI=1S/C25H31F4IO7S/c1-13(2)23(36-20-12-15-10-18(20)17-5-3-4-16(15)17)37-21-11-14(6-7-19(21)30)22(31)35-9-8-24(26,27)25(28,29)38(32,33)34/h6-7,11,13,15-18,20,23H,3-5,8-10,12H2,1-2H3,(H,32,33,34)/p-1. The highest BCUT2D eigenvalue weighted by Crippen LogP contribution is 2.59. The average Bonchev–Trinajstić information content (AvgIpc) is 3.52. The van der Waals surface area contributed by atoms with E-state index in [2.05, 4.69) is 4.74 Å². The van der Waals surface area contributed by atoms with Gasteiger partial charge in [0, 0.05) is 5.92 Å². The molecule has 6 unspecified atom stereocenters. The summed E-state index contributed by atoms with van der Waals surface area (Å²) < 4.78 is 103. The van der Waals surface area contributed by atoms with Gasteiger partial charge in [-0.15, -0.1) is 0 Å². The zero-order valence-corrected chi connectivity index (χ0v) is 23.9. The Labute approximate surface area is 232 Å². The van der Waals surface area contributed by atoms with Gasteiger partial charge in [-0.25, -0.2) is 13.2 Å². The maximum atomic E-state index is 13.6. The van der Waals surface area contributed by atoms with E-state index in [1.165, 1.54) is 37.8 Å². The molecule has 3 fully saturated rings. The lowest BCUT2D eigenvalue weighted by atomic mass is 9.80. The first kappa shape index (κ1) is 29.8. The molecule has 0 spiro atoms. The molecule has 1 aromatic carbocycles. The van der Waals surface area contributed by atoms with E-state index in [0.29, 0.717) is 27.1 Å². The fraction of sp³-hybridized carbons (Fsp3) is 0.720. The van der Waals surface area contributed by atoms with Crippen LogP contribution in [0.3, 0.4) is 0 Å². The second kappa shape index (κ2) is 11.0. The SMILES string of the molecule is CC(C)C(Oc1cc(C(=O)OCCC(F)(F)C(F)(F)S(=O)(=O)[O-])ccc1I)OC1CC2CC1C1CCCC21. The van der Waals surface area contributed by atoms with E-state index >= 15 is 0 Å². The summed E-state index contributed by atoms with van der Waals surface area (Å²) in [4.78, 5) is 12.4. The van der Waals surface area contributed by atoms with Crippen LogP contribution in [0, 0.1) is 33.2 Å². The van der Waals surface area contributed by atoms with Gasteiger partial charge in [0.1, 0.15) is 5.75 Å². The van der Waals surface area contributed by atoms with Gasteiger partial charge < -0.3 is 18.8 Å². The Morgan fingerprint density at radius 1 is 1.13 bits per heavy atom. The maximum Gasteiger partial charge on any atom is 0.396 e. The van der Waals surface area contributed by atoms with E-state index in [1.807, 2.05) is 36.4 Å². The number of fused-ring (bicyclic) bond motifs is 5. The summed E-state index contributed by atoms with van der Waals surface area (Å²) in [5.74, 6) is -3.25. The molecule has 0 heterocycles. The van der Waals surface area contributed by atoms with Crippen molar-refractivity contribution < 1.29 is 49.5 Å². The number of hydrogen-bond donors (Lipinski definition) is 0. The largest absolute Gasteiger partial charge is 0.743 e. The van der Waals surface area contributed by atoms with Crippen LogP contribution in [0.5, 0.6) is 5.75 Å². The molecule has 3 aliphatic carbocycles. The predicted molar refractivity (Wildman–Crippen MR) is 135 cm³/mol. The molecule has 38 heavy (non-hydrogen) atoms. The molecule has 4 rings (SSSR count). The molecule has 0 amide bonds. The van der Waals surface area contributed by atoms with E-state index in [9.17, 15) is 35.3 Å². The minimum absolute atomic E-state index is 0.0129. The summed E-state index contributed by atoms with van der Waals surface area (Å²) in [5, 5.41) is -5.83. The molecule has 0 radical (unpaired) electrons. The Balaban J connectivity index is 1.38. The number of hydrogen-bond acceptors (Lipinski definition) is 7. The molecule has 0 saturated heterocycles. The van der Waals surface area contributed by atoms with Crippen LogP contribution in [0.2, 0.25) is 0 Å². The molecule has 0 aromatic heterocycles. The van der Waals surface area contributed by atoms with Crippen LogP contribution in [0.4, 0.5) is 17.6 Å². The summed E-state index contributed by atoms with van der Waals surface area (Å²) in [5.41, 5.74) is -0.0804. The molecule has 0 N–H and O–H groups in total. The van der Waals surface area contributed by atoms with E-state index < -0.39 is 46.6 Å². The maximum absolute atomic E-state index is 13.6. The van der Waals surface area contributed by atoms with E-state index in [-0.39, 0.29) is 17.6 Å². The zero-order chi connectivity index (χ0) is 28.0. The van der Waals surface area contributed by atoms with Crippen molar-refractivity contribution in [3.63, 3.8) is 0 Å². The first-order valence-electron chi connectivity index (χ1n) is 12.6. The van der Waals surface area contributed by atoms with Crippen molar-refractivity contribution >= 4 is 38.7 Å². The number of ether oxygens (including phenoxy) is 3. The Morgan fingerprint density at radius 3 is 2.47 bits per heavy atom. The highest BCUT2D eigenvalue weighted by molar-refractivity contribution is 14.1. The average molecular weight is 677 g/mol. The van der Waals surface area contributed by atoms with Crippen molar-refractivity contribution in [3.05, 3.63) is 27.3 Å². The third-order valence-electron chi connectivity index (χ3n) is 8.02. The molecule has 2 bridgehead atoms. The summed E-state index contributed by atoms with van der Waals surface area (Å²) in [6, 6.07) is 4.26. The van der Waals surface area contributed by atoms with Gasteiger partial charge in [0.15, 0.2) is 10.1 Å². The second-order valence-corrected chi connectivity index (χ2v) is 13.3. The minimum Gasteiger partial charge on any atom is -0.743 e. The summed E-state index contributed by atoms with van der Waals surface area (Å²) in [6.07, 6.45) is 3.70. The first-order chi connectivity index (χ1) is 17.6. The van der Waals surface area contributed by atoms with Crippen molar-refractivity contribution in [1.82, 2.24) is 0 Å². The Morgan fingerprint density at radius 2 is 1.82 bits per heavy atom. The number of benzene rings is 1. The van der Waals surface area contributed by atoms with Crippen molar-refractivity contribution in [2.75, 3.05) is 6.61 Å². The third-order valence-corrected chi connectivity index (χ3v) is 9.84. The van der Waals surface area contributed by atoms with Gasteiger partial charge in [-0.2, -0.15) is 17.6 Å². The predicted octanol–water partition coefficient (Wildman–Crippen LogP) is 5.81. The number of esters is 1. The van der Waals surface area contributed by atoms with Gasteiger partial charge in [0.2, 0.25) is 6.29 Å². The Bertz CT molecular complexity index is 1150. The van der Waals surface area contributed by atoms with Crippen molar-refractivity contribution in [1.29, 1.82) is 0 Å². The minimum atomic E-state index is -6.61. The number of carbonyl (C=O) groups excluding carboxylic acids is 1. The zero-order valence-electron chi connectivity index (χ0n) is 20.9. The molecule has 6 atom stereocenters. The van der Waals surface area contributed by atoms with Gasteiger partial charge in [-0.05, 0) is 90.1 Å². The molecular weight excluding hydrogens is 647 g/mol. The van der Waals surface area contributed by atoms with Crippen LogP contribution >= 0.6 is 22.6 Å². The number of rotatable bonds is 11. The van der Waals surface area contributed by atoms with Gasteiger partial charge in [0.05, 0.1) is 28.3 Å². The lowest BCUT2D eigenvalue weighted by molar-refractivity contribution is -0.168. The monoisotopic (exact) mass is 677 g/mol. The Kier molecular flexibility index (Phi) is 8.62. The molecule has 214 valence electrons. The molecule has 0 aliphatic heterocycles. The Hall–Kier alpha value is -1.19. The van der Waals surface area contributed by atoms with Gasteiger partial charge in [0.25, 0.3) is 0 Å². The van der Waals surface area contributed by atoms with Crippen molar-refractivity contribution in [3.8, 4) is 5.75 Å². The topological polar surface area (TPSA) is 102 Å². The van der Waals surface area contributed by atoms with Gasteiger partial charge >= 0.3 is 17.1 Å². The number of halogens is 5. The first-order valence-corrected chi connectivity index (χ1v) is 15.1. The van der Waals surface area contributed by atoms with Crippen LogP contribution in [0.1, 0.15) is 62.7 Å². The van der Waals surface area contributed by atoms with E-state index in [1.54, 1.807) is 6.07 Å². The molecule has 13 heteroatoms. The lowest BCUT2D eigenvalue weighted by Gasteiger charge is -2.35. The molecule has 3 saturated carbocycles. The smallest absolute Gasteiger partial charge is 0.396 e. The summed E-state index contributed by atoms with van der Waals surface area (Å²) in [7, 11) is -6.61. The quantitative estimate of drug-likeness (QED) is 0.0958. The fourth-order valence-corrected chi connectivity index (χ4v) is 7.11. The van der Waals surface area contributed by atoms with Crippen LogP contribution in [-0.4, -0.2) is 49.1 Å². The second-order valence-electron chi connectivity index (χ2n) is 10.8. The summed E-state index contributed by atoms with van der Waals surface area (Å²) in [6.45, 7) is 2.68. The molecule has 1 aromatic rings. The van der Waals surface area contributed by atoms with Crippen molar-refractivity contribution in [2.45, 2.75) is 75.9 Å². The number of alkyl halides is 4. The number of carbonyl (C=O) groups is 1. The molecular formula is C25H30F4IO7S-. The van der Waals surface area contributed by atoms with Crippen molar-refractivity contribution in [2.24, 2.45) is 29.6 Å². The van der Waals surface area contributed by atoms with Gasteiger partial charge in [-0.1, -0.05) is 20.3 Å². The highest BCUT2D eigenvalue weighted by Gasteiger charge is 2.61. The van der Waals surface area contributed by atoms with Crippen LogP contribution in [0.15, 0.2) is 18.2 Å². The summed E-state index contributed by atoms with van der Waals surface area (Å²) >= 11 is 2.01.